The number of alkyl halides is 3. The van der Waals surface area contributed by atoms with E-state index in [1.54, 1.807) is 0 Å². The SMILES string of the molecule is [OH2+]CCOCC(F)(F)F. The molecule has 0 aliphatic carbocycles. The maximum absolute atomic E-state index is 11.2. The molecule has 0 aromatic heterocycles. The largest absolute Gasteiger partial charge is 0.444 e. The first-order chi connectivity index (χ1) is 4.06. The van der Waals surface area contributed by atoms with Crippen LogP contribution in [0.5, 0.6) is 0 Å². The highest BCUT2D eigenvalue weighted by atomic mass is 19.4. The summed E-state index contributed by atoms with van der Waals surface area (Å²) in [6, 6.07) is 0. The van der Waals surface area contributed by atoms with Crippen molar-refractivity contribution in [2.24, 2.45) is 0 Å². The maximum Gasteiger partial charge on any atom is 0.411 e. The molecule has 0 aromatic carbocycles. The Balaban J connectivity index is 3.07. The standard InChI is InChI=1S/C4H7F3O2/c5-4(6,7)3-9-2-1-8/h8H,1-3H2/p+1. The Hall–Kier alpha value is -0.290. The van der Waals surface area contributed by atoms with Gasteiger partial charge in [0.25, 0.3) is 0 Å². The number of halogens is 3. The van der Waals surface area contributed by atoms with Gasteiger partial charge in [0.15, 0.2) is 6.61 Å². The molecule has 0 fully saturated rings. The predicted octanol–water partition coefficient (Wildman–Crippen LogP) is 0.290. The smallest absolute Gasteiger partial charge is 0.411 e. The van der Waals surface area contributed by atoms with E-state index in [-0.39, 0.29) is 13.2 Å². The molecule has 0 radical (unpaired) electrons. The van der Waals surface area contributed by atoms with Crippen molar-refractivity contribution in [3.05, 3.63) is 0 Å². The van der Waals surface area contributed by atoms with E-state index >= 15 is 0 Å². The first-order valence-electron chi connectivity index (χ1n) is 2.35. The summed E-state index contributed by atoms with van der Waals surface area (Å²) in [7, 11) is 0. The van der Waals surface area contributed by atoms with Crippen LogP contribution in [0.4, 0.5) is 13.2 Å². The van der Waals surface area contributed by atoms with E-state index in [1.165, 1.54) is 0 Å². The van der Waals surface area contributed by atoms with Crippen LogP contribution in [0.3, 0.4) is 0 Å². The van der Waals surface area contributed by atoms with Crippen LogP contribution in [-0.4, -0.2) is 31.1 Å². The van der Waals surface area contributed by atoms with Crippen molar-refractivity contribution in [3.8, 4) is 0 Å². The van der Waals surface area contributed by atoms with E-state index in [0.717, 1.165) is 0 Å². The predicted molar refractivity (Wildman–Crippen MR) is 25.4 cm³/mol. The molecule has 0 heterocycles. The second kappa shape index (κ2) is 3.68. The Labute approximate surface area is 50.2 Å². The highest BCUT2D eigenvalue weighted by Crippen LogP contribution is 2.13. The van der Waals surface area contributed by atoms with Gasteiger partial charge in [0.05, 0.1) is 0 Å². The van der Waals surface area contributed by atoms with Crippen LogP contribution in [0.25, 0.3) is 0 Å². The summed E-state index contributed by atoms with van der Waals surface area (Å²) in [5.74, 6) is 0. The van der Waals surface area contributed by atoms with E-state index in [9.17, 15) is 13.2 Å². The summed E-state index contributed by atoms with van der Waals surface area (Å²) in [5, 5.41) is 6.42. The quantitative estimate of drug-likeness (QED) is 0.415. The van der Waals surface area contributed by atoms with E-state index in [0.29, 0.717) is 0 Å². The zero-order valence-corrected chi connectivity index (χ0v) is 4.66. The van der Waals surface area contributed by atoms with Crippen molar-refractivity contribution in [1.82, 2.24) is 0 Å². The molecule has 0 bridgehead atoms. The molecule has 0 aliphatic rings. The Morgan fingerprint density at radius 2 is 1.89 bits per heavy atom. The van der Waals surface area contributed by atoms with Crippen LogP contribution in [0, 0.1) is 0 Å². The average Bonchev–Trinajstić information content (AvgIpc) is 1.63. The lowest BCUT2D eigenvalue weighted by Gasteiger charge is -2.03. The third kappa shape index (κ3) is 7.71. The molecule has 56 valence electrons. The van der Waals surface area contributed by atoms with Gasteiger partial charge in [-0.05, 0) is 0 Å². The molecule has 0 amide bonds. The van der Waals surface area contributed by atoms with Crippen LogP contribution in [0.15, 0.2) is 0 Å². The van der Waals surface area contributed by atoms with Gasteiger partial charge in [-0.3, -0.25) is 0 Å². The van der Waals surface area contributed by atoms with Crippen LogP contribution < -0.4 is 0 Å². The first-order valence-corrected chi connectivity index (χ1v) is 2.35. The normalized spacial score (nSPS) is 12.0. The molecule has 0 rings (SSSR count). The number of rotatable bonds is 3. The van der Waals surface area contributed by atoms with Gasteiger partial charge in [-0.1, -0.05) is 0 Å². The molecule has 0 saturated heterocycles. The topological polar surface area (TPSA) is 32.1 Å². The molecule has 2 nitrogen and oxygen atoms in total. The summed E-state index contributed by atoms with van der Waals surface area (Å²) in [6.07, 6.45) is -4.25. The number of ether oxygens (including phenoxy) is 1. The van der Waals surface area contributed by atoms with Gasteiger partial charge in [-0.2, -0.15) is 13.2 Å². The molecule has 0 aromatic rings. The Bertz CT molecular complexity index is 70.7. The summed E-state index contributed by atoms with van der Waals surface area (Å²) in [4.78, 5) is 0. The van der Waals surface area contributed by atoms with Gasteiger partial charge < -0.3 is 9.84 Å². The highest BCUT2D eigenvalue weighted by molar-refractivity contribution is 4.44. The lowest BCUT2D eigenvalue weighted by molar-refractivity contribution is -0.175. The zero-order chi connectivity index (χ0) is 7.33. The molecular formula is C4H8F3O2+. The second-order valence-corrected chi connectivity index (χ2v) is 1.42. The Kier molecular flexibility index (Phi) is 3.56. The monoisotopic (exact) mass is 145 g/mol. The van der Waals surface area contributed by atoms with Crippen molar-refractivity contribution >= 4 is 0 Å². The minimum absolute atomic E-state index is 0.129. The minimum Gasteiger partial charge on any atom is -0.444 e. The Morgan fingerprint density at radius 3 is 2.22 bits per heavy atom. The van der Waals surface area contributed by atoms with Crippen LogP contribution in [0.2, 0.25) is 0 Å². The van der Waals surface area contributed by atoms with Gasteiger partial charge in [0.2, 0.25) is 0 Å². The lowest BCUT2D eigenvalue weighted by Crippen LogP contribution is -2.18. The summed E-state index contributed by atoms with van der Waals surface area (Å²) < 4.78 is 37.6. The second-order valence-electron chi connectivity index (χ2n) is 1.42. The molecule has 2 N–H and O–H groups in total. The molecule has 0 atom stereocenters. The fraction of sp³-hybridized carbons (Fsp3) is 1.00. The molecule has 5 heteroatoms. The number of hydrogen-bond donors (Lipinski definition) is 0. The summed E-state index contributed by atoms with van der Waals surface area (Å²) in [6.45, 7) is -1.53. The number of hydrogen-bond acceptors (Lipinski definition) is 1. The minimum atomic E-state index is -4.25. The van der Waals surface area contributed by atoms with Gasteiger partial charge in [-0.25, -0.2) is 0 Å². The maximum atomic E-state index is 11.2. The average molecular weight is 145 g/mol. The third-order valence-electron chi connectivity index (χ3n) is 0.512. The van der Waals surface area contributed by atoms with Crippen LogP contribution in [0.1, 0.15) is 0 Å². The van der Waals surface area contributed by atoms with Crippen molar-refractivity contribution < 1.29 is 23.0 Å². The van der Waals surface area contributed by atoms with E-state index in [4.69, 9.17) is 5.11 Å². The molecule has 0 spiro atoms. The highest BCUT2D eigenvalue weighted by Gasteiger charge is 2.27. The third-order valence-corrected chi connectivity index (χ3v) is 0.512. The Morgan fingerprint density at radius 1 is 1.33 bits per heavy atom. The first kappa shape index (κ1) is 8.71. The molecule has 0 aliphatic heterocycles. The molecule has 0 saturated carbocycles. The van der Waals surface area contributed by atoms with Gasteiger partial charge in [0, 0.05) is 0 Å². The van der Waals surface area contributed by atoms with E-state index in [2.05, 4.69) is 4.74 Å². The van der Waals surface area contributed by atoms with Gasteiger partial charge in [0.1, 0.15) is 13.2 Å². The van der Waals surface area contributed by atoms with E-state index in [1.807, 2.05) is 0 Å². The molecule has 0 unspecified atom stereocenters. The zero-order valence-electron chi connectivity index (χ0n) is 4.66. The van der Waals surface area contributed by atoms with Crippen molar-refractivity contribution in [2.45, 2.75) is 6.18 Å². The van der Waals surface area contributed by atoms with Crippen LogP contribution >= 0.6 is 0 Å². The van der Waals surface area contributed by atoms with Crippen molar-refractivity contribution in [2.75, 3.05) is 19.8 Å². The summed E-state index contributed by atoms with van der Waals surface area (Å²) in [5.41, 5.74) is 0. The van der Waals surface area contributed by atoms with Gasteiger partial charge in [-0.15, -0.1) is 0 Å². The molecular weight excluding hydrogens is 137 g/mol. The van der Waals surface area contributed by atoms with Crippen molar-refractivity contribution in [3.63, 3.8) is 0 Å². The van der Waals surface area contributed by atoms with Crippen molar-refractivity contribution in [1.29, 1.82) is 0 Å². The molecule has 9 heavy (non-hydrogen) atoms. The van der Waals surface area contributed by atoms with E-state index < -0.39 is 12.8 Å². The fourth-order valence-corrected chi connectivity index (χ4v) is 0.260. The fourth-order valence-electron chi connectivity index (χ4n) is 0.260. The van der Waals surface area contributed by atoms with Crippen LogP contribution in [-0.2, 0) is 4.74 Å². The lowest BCUT2D eigenvalue weighted by atomic mass is 10.7. The summed E-state index contributed by atoms with van der Waals surface area (Å²) >= 11 is 0. The van der Waals surface area contributed by atoms with Gasteiger partial charge >= 0.3 is 6.18 Å².